The molecular formula is C32H42N2O5. The van der Waals surface area contributed by atoms with Crippen molar-refractivity contribution in [1.29, 1.82) is 0 Å². The zero-order chi connectivity index (χ0) is 27.9. The highest BCUT2D eigenvalue weighted by Gasteiger charge is 2.46. The van der Waals surface area contributed by atoms with Crippen LogP contribution >= 0.6 is 0 Å². The molecule has 0 aromatic heterocycles. The van der Waals surface area contributed by atoms with E-state index in [1.807, 2.05) is 43.3 Å². The van der Waals surface area contributed by atoms with Crippen molar-refractivity contribution >= 4 is 17.4 Å². The van der Waals surface area contributed by atoms with Gasteiger partial charge in [-0.25, -0.2) is 0 Å². The number of carbonyl (C=O) groups excluding carboxylic acids is 2. The minimum Gasteiger partial charge on any atom is -0.507 e. The Morgan fingerprint density at radius 3 is 2.62 bits per heavy atom. The molecule has 0 aliphatic carbocycles. The molecule has 210 valence electrons. The first-order valence-electron chi connectivity index (χ1n) is 14.4. The Morgan fingerprint density at radius 1 is 1.08 bits per heavy atom. The summed E-state index contributed by atoms with van der Waals surface area (Å²) < 4.78 is 11.8. The maximum atomic E-state index is 13.5. The molecule has 0 bridgehead atoms. The number of ether oxygens (including phenoxy) is 2. The number of likely N-dealkylation sites (tertiary alicyclic amines) is 1. The van der Waals surface area contributed by atoms with E-state index in [1.54, 1.807) is 11.0 Å². The summed E-state index contributed by atoms with van der Waals surface area (Å²) in [6, 6.07) is 12.3. The van der Waals surface area contributed by atoms with Crippen molar-refractivity contribution in [2.75, 3.05) is 32.8 Å². The Bertz CT molecular complexity index is 1200. The first kappa shape index (κ1) is 28.7. The van der Waals surface area contributed by atoms with Crippen LogP contribution in [0.4, 0.5) is 0 Å². The van der Waals surface area contributed by atoms with Crippen molar-refractivity contribution in [2.45, 2.75) is 71.9 Å². The largest absolute Gasteiger partial charge is 0.507 e. The number of carbonyl (C=O) groups is 2. The van der Waals surface area contributed by atoms with E-state index in [-0.39, 0.29) is 17.4 Å². The van der Waals surface area contributed by atoms with Crippen LogP contribution in [0, 0.1) is 0 Å². The van der Waals surface area contributed by atoms with Crippen LogP contribution < -0.4 is 9.47 Å². The summed E-state index contributed by atoms with van der Waals surface area (Å²) in [7, 11) is 0. The number of rotatable bonds is 13. The van der Waals surface area contributed by atoms with Crippen molar-refractivity contribution in [2.24, 2.45) is 0 Å². The maximum Gasteiger partial charge on any atom is 0.295 e. The van der Waals surface area contributed by atoms with Gasteiger partial charge in [-0.05, 0) is 80.9 Å². The lowest BCUT2D eigenvalue weighted by atomic mass is 9.94. The Labute approximate surface area is 232 Å². The van der Waals surface area contributed by atoms with Crippen molar-refractivity contribution in [3.05, 3.63) is 64.7 Å². The molecule has 2 aliphatic heterocycles. The van der Waals surface area contributed by atoms with Crippen molar-refractivity contribution in [1.82, 2.24) is 9.80 Å². The zero-order valence-corrected chi connectivity index (χ0v) is 23.7. The molecule has 0 spiro atoms. The van der Waals surface area contributed by atoms with E-state index in [1.165, 1.54) is 0 Å². The van der Waals surface area contributed by atoms with E-state index < -0.39 is 17.7 Å². The zero-order valence-electron chi connectivity index (χ0n) is 23.7. The highest BCUT2D eigenvalue weighted by atomic mass is 16.5. The fourth-order valence-corrected chi connectivity index (χ4v) is 5.50. The van der Waals surface area contributed by atoms with Gasteiger partial charge >= 0.3 is 0 Å². The summed E-state index contributed by atoms with van der Waals surface area (Å²) in [5.41, 5.74) is 2.38. The third-order valence-corrected chi connectivity index (χ3v) is 7.67. The third kappa shape index (κ3) is 6.47. The summed E-state index contributed by atoms with van der Waals surface area (Å²) in [6.07, 6.45) is 4.69. The van der Waals surface area contributed by atoms with Crippen LogP contribution in [0.2, 0.25) is 0 Å². The number of aliphatic hydroxyl groups excluding tert-OH is 1. The lowest BCUT2D eigenvalue weighted by Gasteiger charge is -2.27. The number of Topliss-reactive ketones (excluding diaryl/α,β-unsaturated/α-hetero) is 1. The molecule has 39 heavy (non-hydrogen) atoms. The Balaban J connectivity index is 1.70. The Hall–Kier alpha value is -3.32. The van der Waals surface area contributed by atoms with Gasteiger partial charge in [-0.15, -0.1) is 0 Å². The number of hydrogen-bond acceptors (Lipinski definition) is 6. The molecule has 2 heterocycles. The summed E-state index contributed by atoms with van der Waals surface area (Å²) in [5, 5.41) is 11.5. The summed E-state index contributed by atoms with van der Waals surface area (Å²) in [5.74, 6) is 0.107. The van der Waals surface area contributed by atoms with E-state index in [9.17, 15) is 14.7 Å². The van der Waals surface area contributed by atoms with Crippen LogP contribution in [0.3, 0.4) is 0 Å². The molecule has 7 heteroatoms. The highest BCUT2D eigenvalue weighted by molar-refractivity contribution is 6.46. The molecule has 1 fully saturated rings. The number of benzene rings is 2. The van der Waals surface area contributed by atoms with Crippen molar-refractivity contribution in [3.8, 4) is 11.5 Å². The SMILES string of the molecule is CCCCCOc1cccc([C@H]2/C(=C(\O)c3ccc4c(c3)C[C@@H](C)O4)C(=O)C(=O)N2CCCN(CC)CC)c1. The molecular weight excluding hydrogens is 492 g/mol. The third-order valence-electron chi connectivity index (χ3n) is 7.67. The molecule has 2 aromatic rings. The predicted octanol–water partition coefficient (Wildman–Crippen LogP) is 5.73. The fourth-order valence-electron chi connectivity index (χ4n) is 5.50. The van der Waals surface area contributed by atoms with Crippen molar-refractivity contribution in [3.63, 3.8) is 0 Å². The van der Waals surface area contributed by atoms with E-state index in [0.29, 0.717) is 24.5 Å². The number of amides is 1. The van der Waals surface area contributed by atoms with E-state index in [2.05, 4.69) is 25.7 Å². The molecule has 4 rings (SSSR count). The molecule has 2 aromatic carbocycles. The van der Waals surface area contributed by atoms with E-state index >= 15 is 0 Å². The summed E-state index contributed by atoms with van der Waals surface area (Å²) in [6.45, 7) is 12.1. The second kappa shape index (κ2) is 13.2. The quantitative estimate of drug-likeness (QED) is 0.153. The fraction of sp³-hybridized carbons (Fsp3) is 0.500. The van der Waals surface area contributed by atoms with Crippen LogP contribution in [-0.4, -0.2) is 65.5 Å². The molecule has 1 saturated heterocycles. The molecule has 0 unspecified atom stereocenters. The van der Waals surface area contributed by atoms with Crippen LogP contribution in [0.1, 0.15) is 76.1 Å². The Kier molecular flexibility index (Phi) is 9.68. The molecule has 2 aliphatic rings. The van der Waals surface area contributed by atoms with Gasteiger partial charge in [-0.2, -0.15) is 0 Å². The minimum absolute atomic E-state index is 0.0637. The molecule has 0 radical (unpaired) electrons. The average Bonchev–Trinajstić information content (AvgIpc) is 3.44. The van der Waals surface area contributed by atoms with Gasteiger partial charge in [0.1, 0.15) is 23.4 Å². The van der Waals surface area contributed by atoms with Gasteiger partial charge in [0.05, 0.1) is 18.2 Å². The monoisotopic (exact) mass is 534 g/mol. The summed E-state index contributed by atoms with van der Waals surface area (Å²) in [4.78, 5) is 30.8. The van der Waals surface area contributed by atoms with Gasteiger partial charge in [0.2, 0.25) is 0 Å². The number of unbranched alkanes of at least 4 members (excludes halogenated alkanes) is 2. The van der Waals surface area contributed by atoms with Gasteiger partial charge in [0, 0.05) is 18.5 Å². The van der Waals surface area contributed by atoms with Crippen LogP contribution in [0.25, 0.3) is 5.76 Å². The molecule has 1 amide bonds. The molecule has 1 N–H and O–H groups in total. The van der Waals surface area contributed by atoms with Crippen LogP contribution in [0.5, 0.6) is 11.5 Å². The minimum atomic E-state index is -0.690. The predicted molar refractivity (Wildman–Crippen MR) is 153 cm³/mol. The Morgan fingerprint density at radius 2 is 1.87 bits per heavy atom. The second-order valence-corrected chi connectivity index (χ2v) is 10.5. The highest BCUT2D eigenvalue weighted by Crippen LogP contribution is 2.41. The van der Waals surface area contributed by atoms with Gasteiger partial charge in [-0.1, -0.05) is 45.7 Å². The molecule has 2 atom stereocenters. The number of ketones is 1. The number of hydrogen-bond donors (Lipinski definition) is 1. The normalized spacial score (nSPS) is 20.0. The lowest BCUT2D eigenvalue weighted by Crippen LogP contribution is -2.33. The number of fused-ring (bicyclic) bond motifs is 1. The first-order chi connectivity index (χ1) is 18.9. The van der Waals surface area contributed by atoms with Gasteiger partial charge in [0.25, 0.3) is 11.7 Å². The topological polar surface area (TPSA) is 79.3 Å². The van der Waals surface area contributed by atoms with Gasteiger partial charge < -0.3 is 24.4 Å². The van der Waals surface area contributed by atoms with E-state index in [4.69, 9.17) is 9.47 Å². The molecule has 7 nitrogen and oxygen atoms in total. The average molecular weight is 535 g/mol. The standard InChI is InChI=1S/C32H42N2O5/c1-5-8-9-18-38-26-13-10-12-23(21-26)29-28(30(35)24-14-15-27-25(20-24)19-22(4)39-27)31(36)32(37)34(29)17-11-16-33(6-2)7-3/h10,12-15,20-22,29,35H,5-9,11,16-19H2,1-4H3/b30-28+/t22-,29+/m1/s1. The number of nitrogens with zero attached hydrogens (tertiary/aromatic N) is 2. The van der Waals surface area contributed by atoms with Gasteiger partial charge in [-0.3, -0.25) is 9.59 Å². The maximum absolute atomic E-state index is 13.5. The lowest BCUT2D eigenvalue weighted by molar-refractivity contribution is -0.140. The van der Waals surface area contributed by atoms with E-state index in [0.717, 1.165) is 68.6 Å². The second-order valence-electron chi connectivity index (χ2n) is 10.5. The van der Waals surface area contributed by atoms with Crippen molar-refractivity contribution < 1.29 is 24.2 Å². The number of aliphatic hydroxyl groups is 1. The molecule has 0 saturated carbocycles. The smallest absolute Gasteiger partial charge is 0.295 e. The van der Waals surface area contributed by atoms with Crippen LogP contribution in [-0.2, 0) is 16.0 Å². The summed E-state index contributed by atoms with van der Waals surface area (Å²) >= 11 is 0. The van der Waals surface area contributed by atoms with Crippen LogP contribution in [0.15, 0.2) is 48.0 Å². The van der Waals surface area contributed by atoms with Gasteiger partial charge in [0.15, 0.2) is 0 Å². The first-order valence-corrected chi connectivity index (χ1v) is 14.4.